The van der Waals surface area contributed by atoms with Crippen LogP contribution in [0.4, 0.5) is 14.9 Å². The first-order valence-corrected chi connectivity index (χ1v) is 17.1. The molecule has 3 aliphatic heterocycles. The number of nitrogens with zero attached hydrogens (tertiary/aromatic N) is 6. The van der Waals surface area contributed by atoms with Gasteiger partial charge in [0, 0.05) is 66.5 Å². The molecule has 2 fully saturated rings. The molecule has 0 saturated carbocycles. The lowest BCUT2D eigenvalue weighted by atomic mass is 9.73. The largest absolute Gasteiger partial charge is 0.464 e. The van der Waals surface area contributed by atoms with Gasteiger partial charge in [-0.25, -0.2) is 19.0 Å². The molecule has 48 heavy (non-hydrogen) atoms. The van der Waals surface area contributed by atoms with E-state index in [-0.39, 0.29) is 31.1 Å². The highest BCUT2D eigenvalue weighted by Gasteiger charge is 2.47. The van der Waals surface area contributed by atoms with Gasteiger partial charge in [-0.05, 0) is 64.3 Å². The number of anilines is 1. The first-order valence-electron chi connectivity index (χ1n) is 16.4. The zero-order chi connectivity index (χ0) is 34.0. The first-order chi connectivity index (χ1) is 22.8. The number of likely N-dealkylation sites (tertiary alicyclic amines) is 1. The summed E-state index contributed by atoms with van der Waals surface area (Å²) in [5.74, 6) is -0.546. The number of rotatable bonds is 6. The number of carbonyl (C=O) groups excluding carboxylic acids is 2. The number of carbonyl (C=O) groups is 2. The quantitative estimate of drug-likeness (QED) is 0.199. The number of imidazole rings is 1. The van der Waals surface area contributed by atoms with Crippen molar-refractivity contribution in [1.82, 2.24) is 24.2 Å². The van der Waals surface area contributed by atoms with Gasteiger partial charge >= 0.3 is 12.1 Å². The average Bonchev–Trinajstić information content (AvgIpc) is 3.73. The number of esters is 1. The smallest absolute Gasteiger partial charge is 0.410 e. The SMILES string of the molecule is CCOC(=O)C(c1ncn2c1C[C@@H](F)C2)n1cc2c(Cl)cc(-c3ccc(N4CC5(CCCN(C(=O)OC(C)(C)C)C5)C4)cc3)c(Cl)c2n1. The number of benzene rings is 2. The van der Waals surface area contributed by atoms with E-state index in [1.54, 1.807) is 30.1 Å². The van der Waals surface area contributed by atoms with Gasteiger partial charge in [-0.2, -0.15) is 5.10 Å². The summed E-state index contributed by atoms with van der Waals surface area (Å²) in [4.78, 5) is 34.6. The molecule has 5 heterocycles. The van der Waals surface area contributed by atoms with E-state index in [1.807, 2.05) is 37.8 Å². The monoisotopic (exact) mass is 696 g/mol. The van der Waals surface area contributed by atoms with Crippen molar-refractivity contribution < 1.29 is 23.5 Å². The Morgan fingerprint density at radius 3 is 2.60 bits per heavy atom. The van der Waals surface area contributed by atoms with Gasteiger partial charge in [0.15, 0.2) is 6.04 Å². The lowest BCUT2D eigenvalue weighted by molar-refractivity contribution is -0.146. The number of hydrogen-bond donors (Lipinski definition) is 0. The molecule has 10 nitrogen and oxygen atoms in total. The number of amides is 1. The standard InChI is InChI=1S/C35H39Cl2FN6O4/c1-5-47-32(45)31(30-27-13-22(38)15-42(27)20-39-30)44-16-25-26(36)14-24(28(37)29(25)40-44)21-7-9-23(10-8-21)43-18-35(19-43)11-6-12-41(17-35)33(46)48-34(2,3)4/h7-10,14,16,20,22,31H,5-6,11-13,15,17-19H2,1-4H3/t22-,31?/m1/s1. The molecule has 254 valence electrons. The second-order valence-corrected chi connectivity index (χ2v) is 15.0. The molecule has 1 amide bonds. The first kappa shape index (κ1) is 32.7. The average molecular weight is 698 g/mol. The molecule has 2 atom stereocenters. The molecule has 0 bridgehead atoms. The van der Waals surface area contributed by atoms with Gasteiger partial charge in [0.2, 0.25) is 0 Å². The van der Waals surface area contributed by atoms with Crippen LogP contribution < -0.4 is 4.90 Å². The van der Waals surface area contributed by atoms with Crippen LogP contribution in [0.25, 0.3) is 22.0 Å². The number of hydrogen-bond acceptors (Lipinski definition) is 7. The number of alkyl halides is 1. The zero-order valence-corrected chi connectivity index (χ0v) is 29.0. The van der Waals surface area contributed by atoms with Crippen molar-refractivity contribution in [3.8, 4) is 11.1 Å². The molecule has 2 saturated heterocycles. The maximum atomic E-state index is 14.2. The fourth-order valence-corrected chi connectivity index (χ4v) is 7.85. The Balaban J connectivity index is 1.11. The van der Waals surface area contributed by atoms with Gasteiger partial charge in [-0.3, -0.25) is 4.68 Å². The van der Waals surface area contributed by atoms with E-state index in [0.29, 0.717) is 44.4 Å². The Bertz CT molecular complexity index is 1880. The number of halogens is 3. The van der Waals surface area contributed by atoms with Crippen LogP contribution in [0.3, 0.4) is 0 Å². The van der Waals surface area contributed by atoms with E-state index in [0.717, 1.165) is 43.7 Å². The number of ether oxygens (including phenoxy) is 2. The highest BCUT2D eigenvalue weighted by atomic mass is 35.5. The molecule has 2 aromatic heterocycles. The fourth-order valence-electron chi connectivity index (χ4n) is 7.30. The molecular weight excluding hydrogens is 658 g/mol. The van der Waals surface area contributed by atoms with Gasteiger partial charge in [-0.15, -0.1) is 0 Å². The predicted octanol–water partition coefficient (Wildman–Crippen LogP) is 7.09. The van der Waals surface area contributed by atoms with Gasteiger partial charge < -0.3 is 23.8 Å². The second-order valence-electron chi connectivity index (χ2n) is 14.2. The van der Waals surface area contributed by atoms with Gasteiger partial charge in [0.05, 0.1) is 35.2 Å². The van der Waals surface area contributed by atoms with E-state index in [9.17, 15) is 14.0 Å². The van der Waals surface area contributed by atoms with Crippen molar-refractivity contribution in [3.05, 3.63) is 64.3 Å². The minimum absolute atomic E-state index is 0.0696. The third-order valence-corrected chi connectivity index (χ3v) is 10.1. The van der Waals surface area contributed by atoms with E-state index < -0.39 is 23.8 Å². The van der Waals surface area contributed by atoms with Crippen molar-refractivity contribution in [1.29, 1.82) is 0 Å². The number of fused-ring (bicyclic) bond motifs is 2. The van der Waals surface area contributed by atoms with Gasteiger partial charge in [0.25, 0.3) is 0 Å². The Kier molecular flexibility index (Phi) is 8.35. The minimum atomic E-state index is -1.04. The Labute approximate surface area is 288 Å². The molecule has 0 N–H and O–H groups in total. The highest BCUT2D eigenvalue weighted by Crippen LogP contribution is 2.43. The third kappa shape index (κ3) is 6.00. The number of aromatic nitrogens is 4. The van der Waals surface area contributed by atoms with E-state index in [2.05, 4.69) is 22.0 Å². The van der Waals surface area contributed by atoms with Crippen LogP contribution in [0.2, 0.25) is 10.0 Å². The molecule has 1 spiro atoms. The van der Waals surface area contributed by atoms with Crippen LogP contribution in [-0.4, -0.2) is 80.9 Å². The fraction of sp³-hybridized carbons (Fsp3) is 0.486. The van der Waals surface area contributed by atoms with E-state index in [1.165, 1.54) is 4.68 Å². The minimum Gasteiger partial charge on any atom is -0.464 e. The van der Waals surface area contributed by atoms with E-state index in [4.69, 9.17) is 37.8 Å². The van der Waals surface area contributed by atoms with Crippen molar-refractivity contribution in [2.45, 2.75) is 71.3 Å². The summed E-state index contributed by atoms with van der Waals surface area (Å²) in [6, 6.07) is 8.94. The Hall–Kier alpha value is -3.83. The summed E-state index contributed by atoms with van der Waals surface area (Å²) in [5, 5.41) is 6.13. The lowest BCUT2D eigenvalue weighted by Gasteiger charge is -2.55. The van der Waals surface area contributed by atoms with Gasteiger partial charge in [-0.1, -0.05) is 35.3 Å². The highest BCUT2D eigenvalue weighted by molar-refractivity contribution is 6.42. The summed E-state index contributed by atoms with van der Waals surface area (Å²) in [6.45, 7) is 10.9. The Morgan fingerprint density at radius 1 is 1.15 bits per heavy atom. The van der Waals surface area contributed by atoms with Crippen LogP contribution in [0.5, 0.6) is 0 Å². The van der Waals surface area contributed by atoms with Crippen LogP contribution in [0, 0.1) is 5.41 Å². The van der Waals surface area contributed by atoms with E-state index >= 15 is 0 Å². The van der Waals surface area contributed by atoms with Crippen molar-refractivity contribution in [3.63, 3.8) is 0 Å². The number of piperidine rings is 1. The molecule has 13 heteroatoms. The summed E-state index contributed by atoms with van der Waals surface area (Å²) >= 11 is 13.8. The van der Waals surface area contributed by atoms with Crippen molar-refractivity contribution >= 4 is 51.9 Å². The molecule has 0 aliphatic carbocycles. The summed E-state index contributed by atoms with van der Waals surface area (Å²) in [6.07, 6.45) is 4.15. The molecule has 7 rings (SSSR count). The van der Waals surface area contributed by atoms with Crippen molar-refractivity contribution in [2.24, 2.45) is 5.41 Å². The van der Waals surface area contributed by atoms with Gasteiger partial charge in [0.1, 0.15) is 17.3 Å². The summed E-state index contributed by atoms with van der Waals surface area (Å²) < 4.78 is 28.5. The normalized spacial score (nSPS) is 19.4. The Morgan fingerprint density at radius 2 is 1.90 bits per heavy atom. The topological polar surface area (TPSA) is 94.7 Å². The van der Waals surface area contributed by atoms with Crippen LogP contribution in [0.1, 0.15) is 58.0 Å². The van der Waals surface area contributed by atoms with Crippen LogP contribution in [-0.2, 0) is 27.2 Å². The summed E-state index contributed by atoms with van der Waals surface area (Å²) in [7, 11) is 0. The maximum absolute atomic E-state index is 14.2. The predicted molar refractivity (Wildman–Crippen MR) is 182 cm³/mol. The molecule has 2 aromatic carbocycles. The summed E-state index contributed by atoms with van der Waals surface area (Å²) in [5.41, 5.74) is 3.72. The molecule has 3 aliphatic rings. The van der Waals surface area contributed by atoms with Crippen LogP contribution >= 0.6 is 23.2 Å². The lowest BCUT2D eigenvalue weighted by Crippen LogP contribution is -2.64. The zero-order valence-electron chi connectivity index (χ0n) is 27.5. The molecular formula is C35H39Cl2FN6O4. The van der Waals surface area contributed by atoms with Crippen LogP contribution in [0.15, 0.2) is 42.9 Å². The maximum Gasteiger partial charge on any atom is 0.410 e. The molecule has 4 aromatic rings. The second kappa shape index (κ2) is 12.2. The molecule has 1 unspecified atom stereocenters. The van der Waals surface area contributed by atoms with Crippen molar-refractivity contribution in [2.75, 3.05) is 37.7 Å². The third-order valence-electron chi connectivity index (χ3n) is 9.44. The molecule has 0 radical (unpaired) electrons.